The van der Waals surface area contributed by atoms with E-state index < -0.39 is 0 Å². The summed E-state index contributed by atoms with van der Waals surface area (Å²) in [4.78, 5) is 18.3. The maximum absolute atomic E-state index is 11.4. The molecule has 7 nitrogen and oxygen atoms in total. The Morgan fingerprint density at radius 2 is 2.35 bits per heavy atom. The third-order valence-corrected chi connectivity index (χ3v) is 3.55. The molecule has 0 bridgehead atoms. The lowest BCUT2D eigenvalue weighted by atomic mass is 10.4. The van der Waals surface area contributed by atoms with Crippen molar-refractivity contribution in [2.75, 3.05) is 0 Å². The minimum Gasteiger partial charge on any atom is -0.324 e. The zero-order valence-corrected chi connectivity index (χ0v) is 12.0. The maximum Gasteiger partial charge on any atom is 0.251 e. The van der Waals surface area contributed by atoms with Crippen molar-refractivity contribution in [3.05, 3.63) is 46.4 Å². The number of aryl methyl sites for hydroxylation is 1. The molecule has 0 unspecified atom stereocenters. The molecule has 0 amide bonds. The predicted octanol–water partition coefficient (Wildman–Crippen LogP) is 0.607. The zero-order chi connectivity index (χ0) is 14.5. The number of nitrogens with one attached hydrogen (secondary N) is 1. The number of H-pyrrole nitrogens is 1. The number of nitrogens with zero attached hydrogens (tertiary/aromatic N) is 4. The molecule has 3 N–H and O–H groups in total. The van der Waals surface area contributed by atoms with Gasteiger partial charge in [-0.3, -0.25) is 4.79 Å². The van der Waals surface area contributed by atoms with Crippen molar-refractivity contribution >= 4 is 11.8 Å². The number of hydrogen-bond donors (Lipinski definition) is 2. The fraction of sp³-hybridized carbons (Fsp3) is 0.333. The molecule has 0 fully saturated rings. The van der Waals surface area contributed by atoms with E-state index in [1.54, 1.807) is 13.0 Å². The summed E-state index contributed by atoms with van der Waals surface area (Å²) < 4.78 is 1.90. The van der Waals surface area contributed by atoms with Gasteiger partial charge in [0.25, 0.3) is 5.56 Å². The van der Waals surface area contributed by atoms with Gasteiger partial charge in [0.1, 0.15) is 11.6 Å². The van der Waals surface area contributed by atoms with Crippen LogP contribution in [0, 0.1) is 6.92 Å². The SMILES string of the molecule is C=CCn1c(CN)nnc1SCc1cc(=O)[nH]c(C)n1. The molecule has 2 rings (SSSR count). The first kappa shape index (κ1) is 14.5. The van der Waals surface area contributed by atoms with Crippen molar-refractivity contribution in [2.24, 2.45) is 5.73 Å². The minimum atomic E-state index is -0.150. The third kappa shape index (κ3) is 3.34. The largest absolute Gasteiger partial charge is 0.324 e. The summed E-state index contributed by atoms with van der Waals surface area (Å²) in [5.41, 5.74) is 6.17. The van der Waals surface area contributed by atoms with Gasteiger partial charge in [0.15, 0.2) is 5.16 Å². The number of hydrogen-bond acceptors (Lipinski definition) is 6. The second-order valence-electron chi connectivity index (χ2n) is 4.11. The molecule has 0 aromatic carbocycles. The van der Waals surface area contributed by atoms with Gasteiger partial charge in [0.2, 0.25) is 0 Å². The molecule has 0 spiro atoms. The van der Waals surface area contributed by atoms with Crippen LogP contribution in [0.2, 0.25) is 0 Å². The van der Waals surface area contributed by atoms with E-state index in [0.717, 1.165) is 5.16 Å². The average molecular weight is 292 g/mol. The first-order valence-corrected chi connectivity index (χ1v) is 7.05. The van der Waals surface area contributed by atoms with E-state index in [2.05, 4.69) is 26.7 Å². The average Bonchev–Trinajstić information content (AvgIpc) is 2.78. The summed E-state index contributed by atoms with van der Waals surface area (Å²) in [6.07, 6.45) is 1.77. The summed E-state index contributed by atoms with van der Waals surface area (Å²) in [6, 6.07) is 1.48. The third-order valence-electron chi connectivity index (χ3n) is 2.55. The van der Waals surface area contributed by atoms with Crippen molar-refractivity contribution in [1.29, 1.82) is 0 Å². The summed E-state index contributed by atoms with van der Waals surface area (Å²) in [6.45, 7) is 6.39. The van der Waals surface area contributed by atoms with Crippen LogP contribution in [-0.4, -0.2) is 24.7 Å². The van der Waals surface area contributed by atoms with Crippen LogP contribution in [-0.2, 0) is 18.8 Å². The molecule has 0 saturated carbocycles. The smallest absolute Gasteiger partial charge is 0.251 e. The molecule has 8 heteroatoms. The minimum absolute atomic E-state index is 0.150. The second kappa shape index (κ2) is 6.49. The summed E-state index contributed by atoms with van der Waals surface area (Å²) in [7, 11) is 0. The summed E-state index contributed by atoms with van der Waals surface area (Å²) in [5, 5.41) is 8.87. The topological polar surface area (TPSA) is 102 Å². The van der Waals surface area contributed by atoms with Crippen LogP contribution >= 0.6 is 11.8 Å². The van der Waals surface area contributed by atoms with E-state index in [0.29, 0.717) is 36.2 Å². The molecule has 2 aromatic rings. The number of rotatable bonds is 6. The monoisotopic (exact) mass is 292 g/mol. The molecular weight excluding hydrogens is 276 g/mol. The highest BCUT2D eigenvalue weighted by molar-refractivity contribution is 7.98. The van der Waals surface area contributed by atoms with E-state index in [9.17, 15) is 4.79 Å². The molecule has 2 aromatic heterocycles. The van der Waals surface area contributed by atoms with Crippen LogP contribution in [0.15, 0.2) is 28.7 Å². The van der Waals surface area contributed by atoms with Crippen LogP contribution in [0.4, 0.5) is 0 Å². The molecule has 0 radical (unpaired) electrons. The molecule has 0 atom stereocenters. The Kier molecular flexibility index (Phi) is 4.70. The Morgan fingerprint density at radius 3 is 3.00 bits per heavy atom. The predicted molar refractivity (Wildman–Crippen MR) is 77.3 cm³/mol. The van der Waals surface area contributed by atoms with Gasteiger partial charge in [0, 0.05) is 18.4 Å². The van der Waals surface area contributed by atoms with E-state index in [1.165, 1.54) is 17.8 Å². The van der Waals surface area contributed by atoms with Crippen molar-refractivity contribution < 1.29 is 0 Å². The van der Waals surface area contributed by atoms with Crippen molar-refractivity contribution in [3.8, 4) is 0 Å². The number of allylic oxidation sites excluding steroid dienone is 1. The molecule has 0 aliphatic rings. The Bertz CT molecular complexity index is 662. The van der Waals surface area contributed by atoms with Gasteiger partial charge < -0.3 is 15.3 Å². The first-order valence-electron chi connectivity index (χ1n) is 6.06. The van der Waals surface area contributed by atoms with Gasteiger partial charge in [-0.2, -0.15) is 0 Å². The fourth-order valence-electron chi connectivity index (χ4n) is 1.74. The quantitative estimate of drug-likeness (QED) is 0.597. The molecule has 106 valence electrons. The highest BCUT2D eigenvalue weighted by Crippen LogP contribution is 2.20. The lowest BCUT2D eigenvalue weighted by Crippen LogP contribution is -2.10. The first-order chi connectivity index (χ1) is 9.63. The Labute approximate surface area is 120 Å². The van der Waals surface area contributed by atoms with Crippen LogP contribution in [0.3, 0.4) is 0 Å². The van der Waals surface area contributed by atoms with Crippen LogP contribution in [0.25, 0.3) is 0 Å². The van der Waals surface area contributed by atoms with Gasteiger partial charge >= 0.3 is 0 Å². The number of thioether (sulfide) groups is 1. The van der Waals surface area contributed by atoms with Gasteiger partial charge in [0.05, 0.1) is 12.2 Å². The Hall–Kier alpha value is -1.93. The van der Waals surface area contributed by atoms with Crippen LogP contribution in [0.1, 0.15) is 17.3 Å². The highest BCUT2D eigenvalue weighted by Gasteiger charge is 2.11. The van der Waals surface area contributed by atoms with Gasteiger partial charge in [-0.15, -0.1) is 16.8 Å². The standard InChI is InChI=1S/C12H16N6OS/c1-3-4-18-10(6-13)16-17-12(18)20-7-9-5-11(19)15-8(2)14-9/h3,5H,1,4,6-7,13H2,2H3,(H,14,15,19). The molecule has 0 aliphatic heterocycles. The van der Waals surface area contributed by atoms with E-state index in [4.69, 9.17) is 5.73 Å². The molecule has 0 saturated heterocycles. The van der Waals surface area contributed by atoms with Gasteiger partial charge in [-0.1, -0.05) is 17.8 Å². The fourth-order valence-corrected chi connectivity index (χ4v) is 2.60. The van der Waals surface area contributed by atoms with Gasteiger partial charge in [-0.25, -0.2) is 4.98 Å². The Morgan fingerprint density at radius 1 is 1.55 bits per heavy atom. The van der Waals surface area contributed by atoms with E-state index >= 15 is 0 Å². The lowest BCUT2D eigenvalue weighted by Gasteiger charge is -2.06. The van der Waals surface area contributed by atoms with E-state index in [1.807, 2.05) is 4.57 Å². The summed E-state index contributed by atoms with van der Waals surface area (Å²) >= 11 is 1.46. The molecule has 2 heterocycles. The molecular formula is C12H16N6OS. The number of nitrogens with two attached hydrogens (primary N) is 1. The van der Waals surface area contributed by atoms with Gasteiger partial charge in [-0.05, 0) is 6.92 Å². The van der Waals surface area contributed by atoms with Crippen molar-refractivity contribution in [2.45, 2.75) is 30.9 Å². The molecule has 20 heavy (non-hydrogen) atoms. The Balaban J connectivity index is 2.16. The highest BCUT2D eigenvalue weighted by atomic mass is 32.2. The van der Waals surface area contributed by atoms with Crippen LogP contribution in [0.5, 0.6) is 0 Å². The maximum atomic E-state index is 11.4. The number of aromatic nitrogens is 5. The van der Waals surface area contributed by atoms with E-state index in [-0.39, 0.29) is 5.56 Å². The zero-order valence-electron chi connectivity index (χ0n) is 11.2. The normalized spacial score (nSPS) is 10.7. The molecule has 0 aliphatic carbocycles. The lowest BCUT2D eigenvalue weighted by molar-refractivity contribution is 0.680. The number of aromatic amines is 1. The van der Waals surface area contributed by atoms with Crippen molar-refractivity contribution in [1.82, 2.24) is 24.7 Å². The van der Waals surface area contributed by atoms with Crippen molar-refractivity contribution in [3.63, 3.8) is 0 Å². The second-order valence-corrected chi connectivity index (χ2v) is 5.06. The van der Waals surface area contributed by atoms with Crippen LogP contribution < -0.4 is 11.3 Å². The summed E-state index contributed by atoms with van der Waals surface area (Å²) in [5.74, 6) is 1.86.